The van der Waals surface area contributed by atoms with E-state index in [9.17, 15) is 4.79 Å². The van der Waals surface area contributed by atoms with Crippen molar-refractivity contribution in [2.75, 3.05) is 13.1 Å². The third kappa shape index (κ3) is 4.15. The molecular weight excluding hydrogens is 310 g/mol. The summed E-state index contributed by atoms with van der Waals surface area (Å²) in [6.07, 6.45) is 4.33. The van der Waals surface area contributed by atoms with E-state index >= 15 is 0 Å². The molecule has 1 aliphatic heterocycles. The number of aromatic nitrogens is 1. The number of aryl methyl sites for hydroxylation is 1. The Morgan fingerprint density at radius 1 is 1.22 bits per heavy atom. The van der Waals surface area contributed by atoms with Crippen molar-refractivity contribution in [3.8, 4) is 0 Å². The summed E-state index contributed by atoms with van der Waals surface area (Å²) in [5.74, 6) is -0.107. The fourth-order valence-corrected chi connectivity index (χ4v) is 3.31. The van der Waals surface area contributed by atoms with Crippen LogP contribution in [0.15, 0.2) is 36.5 Å². The molecule has 0 saturated carbocycles. The molecule has 1 fully saturated rings. The van der Waals surface area contributed by atoms with Gasteiger partial charge in [0.1, 0.15) is 5.69 Å². The number of nitrogens with zero attached hydrogens (tertiary/aromatic N) is 2. The summed E-state index contributed by atoms with van der Waals surface area (Å²) in [4.78, 5) is 14.7. The summed E-state index contributed by atoms with van der Waals surface area (Å²) in [5.41, 5.74) is 3.00. The average molecular weight is 332 g/mol. The molecule has 0 atom stereocenters. The van der Waals surface area contributed by atoms with Crippen LogP contribution in [0.25, 0.3) is 0 Å². The number of carbonyl (C=O) groups excluding carboxylic acids is 1. The normalized spacial score (nSPS) is 15.0. The van der Waals surface area contributed by atoms with Gasteiger partial charge in [-0.05, 0) is 43.1 Å². The molecule has 1 aliphatic rings. The Morgan fingerprint density at radius 2 is 1.96 bits per heavy atom. The summed E-state index contributed by atoms with van der Waals surface area (Å²) >= 11 is 5.92. The molecule has 1 amide bonds. The SMILES string of the molecule is Cn1cc(Cl)cc1C(=O)NCc1cccc(CN2CCCC2)c1. The molecule has 2 heterocycles. The van der Waals surface area contributed by atoms with Crippen LogP contribution in [0.1, 0.15) is 34.5 Å². The van der Waals surface area contributed by atoms with Crippen molar-refractivity contribution >= 4 is 17.5 Å². The Morgan fingerprint density at radius 3 is 2.65 bits per heavy atom. The number of rotatable bonds is 5. The van der Waals surface area contributed by atoms with Crippen molar-refractivity contribution in [1.82, 2.24) is 14.8 Å². The Kier molecular flexibility index (Phi) is 5.03. The molecule has 0 radical (unpaired) electrons. The van der Waals surface area contributed by atoms with Crippen molar-refractivity contribution in [3.63, 3.8) is 0 Å². The number of likely N-dealkylation sites (tertiary alicyclic amines) is 1. The fraction of sp³-hybridized carbons (Fsp3) is 0.389. The number of benzene rings is 1. The van der Waals surface area contributed by atoms with E-state index < -0.39 is 0 Å². The predicted molar refractivity (Wildman–Crippen MR) is 92.5 cm³/mol. The lowest BCUT2D eigenvalue weighted by Gasteiger charge is -2.15. The molecule has 0 aliphatic carbocycles. The fourth-order valence-electron chi connectivity index (χ4n) is 3.06. The zero-order valence-electron chi connectivity index (χ0n) is 13.4. The van der Waals surface area contributed by atoms with Crippen LogP contribution in [-0.2, 0) is 20.1 Å². The second kappa shape index (κ2) is 7.20. The summed E-state index contributed by atoms with van der Waals surface area (Å²) in [5, 5.41) is 3.53. The van der Waals surface area contributed by atoms with Gasteiger partial charge in [0.05, 0.1) is 5.02 Å². The zero-order valence-corrected chi connectivity index (χ0v) is 14.1. The maximum atomic E-state index is 12.2. The highest BCUT2D eigenvalue weighted by molar-refractivity contribution is 6.31. The van der Waals surface area contributed by atoms with Crippen LogP contribution in [0.2, 0.25) is 5.02 Å². The molecular formula is C18H22ClN3O. The monoisotopic (exact) mass is 331 g/mol. The molecule has 4 nitrogen and oxygen atoms in total. The van der Waals surface area contributed by atoms with E-state index in [0.29, 0.717) is 17.3 Å². The molecule has 0 spiro atoms. The van der Waals surface area contributed by atoms with E-state index in [1.54, 1.807) is 16.8 Å². The van der Waals surface area contributed by atoms with E-state index in [2.05, 4.69) is 28.4 Å². The molecule has 23 heavy (non-hydrogen) atoms. The molecule has 3 rings (SSSR count). The summed E-state index contributed by atoms with van der Waals surface area (Å²) in [7, 11) is 1.82. The highest BCUT2D eigenvalue weighted by Crippen LogP contribution is 2.15. The third-order valence-electron chi connectivity index (χ3n) is 4.25. The number of amides is 1. The first kappa shape index (κ1) is 16.1. The predicted octanol–water partition coefficient (Wildman–Crippen LogP) is 3.20. The number of carbonyl (C=O) groups is 1. The standard InChI is InChI=1S/C18H22ClN3O/c1-21-13-16(19)10-17(21)18(23)20-11-14-5-4-6-15(9-14)12-22-7-2-3-8-22/h4-6,9-10,13H,2-3,7-8,11-12H2,1H3,(H,20,23). The minimum absolute atomic E-state index is 0.107. The topological polar surface area (TPSA) is 37.3 Å². The second-order valence-electron chi connectivity index (χ2n) is 6.14. The first-order chi connectivity index (χ1) is 11.1. The molecule has 1 N–H and O–H groups in total. The van der Waals surface area contributed by atoms with Gasteiger partial charge in [0.25, 0.3) is 5.91 Å². The van der Waals surface area contributed by atoms with Crippen LogP contribution < -0.4 is 5.32 Å². The van der Waals surface area contributed by atoms with Gasteiger partial charge in [-0.25, -0.2) is 0 Å². The number of nitrogens with one attached hydrogen (secondary N) is 1. The van der Waals surface area contributed by atoms with Crippen molar-refractivity contribution in [1.29, 1.82) is 0 Å². The van der Waals surface area contributed by atoms with Gasteiger partial charge in [-0.15, -0.1) is 0 Å². The van der Waals surface area contributed by atoms with E-state index in [-0.39, 0.29) is 5.91 Å². The highest BCUT2D eigenvalue weighted by atomic mass is 35.5. The third-order valence-corrected chi connectivity index (χ3v) is 4.46. The molecule has 0 bridgehead atoms. The lowest BCUT2D eigenvalue weighted by Crippen LogP contribution is -2.25. The molecule has 1 aromatic heterocycles. The number of hydrogen-bond acceptors (Lipinski definition) is 2. The van der Waals surface area contributed by atoms with Gasteiger partial charge in [-0.3, -0.25) is 9.69 Å². The summed E-state index contributed by atoms with van der Waals surface area (Å²) in [6.45, 7) is 3.90. The Labute approximate surface area is 142 Å². The molecule has 122 valence electrons. The van der Waals surface area contributed by atoms with E-state index in [4.69, 9.17) is 11.6 Å². The van der Waals surface area contributed by atoms with Crippen molar-refractivity contribution in [2.24, 2.45) is 7.05 Å². The van der Waals surface area contributed by atoms with Gasteiger partial charge < -0.3 is 9.88 Å². The molecule has 1 saturated heterocycles. The van der Waals surface area contributed by atoms with Crippen LogP contribution >= 0.6 is 11.6 Å². The van der Waals surface area contributed by atoms with Gasteiger partial charge in [0.2, 0.25) is 0 Å². The molecule has 1 aromatic carbocycles. The minimum Gasteiger partial charge on any atom is -0.347 e. The highest BCUT2D eigenvalue weighted by Gasteiger charge is 2.13. The minimum atomic E-state index is -0.107. The van der Waals surface area contributed by atoms with E-state index in [0.717, 1.165) is 12.1 Å². The average Bonchev–Trinajstić information content (AvgIpc) is 3.14. The molecule has 2 aromatic rings. The van der Waals surface area contributed by atoms with Gasteiger partial charge in [0, 0.05) is 26.3 Å². The van der Waals surface area contributed by atoms with Crippen LogP contribution in [0.5, 0.6) is 0 Å². The quantitative estimate of drug-likeness (QED) is 0.913. The van der Waals surface area contributed by atoms with E-state index in [1.165, 1.54) is 31.5 Å². The van der Waals surface area contributed by atoms with Crippen molar-refractivity contribution in [3.05, 3.63) is 58.4 Å². The van der Waals surface area contributed by atoms with Crippen LogP contribution in [0.4, 0.5) is 0 Å². The van der Waals surface area contributed by atoms with Crippen LogP contribution in [0, 0.1) is 0 Å². The zero-order chi connectivity index (χ0) is 16.2. The Bertz CT molecular complexity index is 689. The van der Waals surface area contributed by atoms with Crippen molar-refractivity contribution in [2.45, 2.75) is 25.9 Å². The largest absolute Gasteiger partial charge is 0.347 e. The lowest BCUT2D eigenvalue weighted by molar-refractivity contribution is 0.0943. The van der Waals surface area contributed by atoms with Gasteiger partial charge in [0.15, 0.2) is 0 Å². The number of halogens is 1. The maximum Gasteiger partial charge on any atom is 0.268 e. The van der Waals surface area contributed by atoms with Crippen LogP contribution in [-0.4, -0.2) is 28.5 Å². The van der Waals surface area contributed by atoms with Gasteiger partial charge in [-0.2, -0.15) is 0 Å². The first-order valence-corrected chi connectivity index (χ1v) is 8.40. The Balaban J connectivity index is 1.59. The lowest BCUT2D eigenvalue weighted by atomic mass is 10.1. The van der Waals surface area contributed by atoms with Gasteiger partial charge >= 0.3 is 0 Å². The Hall–Kier alpha value is -1.78. The summed E-state index contributed by atoms with van der Waals surface area (Å²) in [6, 6.07) is 10.1. The number of hydrogen-bond donors (Lipinski definition) is 1. The van der Waals surface area contributed by atoms with Crippen molar-refractivity contribution < 1.29 is 4.79 Å². The summed E-state index contributed by atoms with van der Waals surface area (Å²) < 4.78 is 1.74. The van der Waals surface area contributed by atoms with Crippen LogP contribution in [0.3, 0.4) is 0 Å². The van der Waals surface area contributed by atoms with Gasteiger partial charge in [-0.1, -0.05) is 35.9 Å². The second-order valence-corrected chi connectivity index (χ2v) is 6.58. The maximum absolute atomic E-state index is 12.2. The molecule has 0 unspecified atom stereocenters. The first-order valence-electron chi connectivity index (χ1n) is 8.02. The smallest absolute Gasteiger partial charge is 0.268 e. The van der Waals surface area contributed by atoms with E-state index in [1.807, 2.05) is 13.1 Å². The molecule has 5 heteroatoms.